The van der Waals surface area contributed by atoms with Crippen LogP contribution in [0.1, 0.15) is 104 Å². The molecule has 0 aromatic heterocycles. The maximum Gasteiger partial charge on any atom is 0.408 e. The van der Waals surface area contributed by atoms with E-state index in [1.165, 1.54) is 27.7 Å². The second kappa shape index (κ2) is 24.8. The lowest BCUT2D eigenvalue weighted by Gasteiger charge is -2.22. The number of aliphatic hydroxyl groups excluding tert-OH is 4. The SMILES string of the molecule is CC(N)C(=O)OC(C)C(C)O.CC(NC(=O)OC(C)(C)C)C(=O)O.CC(NC(=O)OC(C)(C)C)C(=O)OC(C)C(C)O.CC(O)C(C)O. The normalized spacial score (nSPS) is 16.5. The molecular weight excluding hydrogens is 638 g/mol. The number of ether oxygens (including phenoxy) is 4. The van der Waals surface area contributed by atoms with Gasteiger partial charge < -0.3 is 60.8 Å². The minimum Gasteiger partial charge on any atom is -0.480 e. The van der Waals surface area contributed by atoms with Gasteiger partial charge in [0.15, 0.2) is 0 Å². The lowest BCUT2D eigenvalue weighted by molar-refractivity contribution is -0.155. The van der Waals surface area contributed by atoms with Crippen molar-refractivity contribution < 1.29 is 68.5 Å². The molecule has 0 fully saturated rings. The highest BCUT2D eigenvalue weighted by molar-refractivity contribution is 5.81. The monoisotopic (exact) mass is 701 g/mol. The number of alkyl carbamates (subject to hydrolysis) is 2. The van der Waals surface area contributed by atoms with Crippen LogP contribution in [0.15, 0.2) is 0 Å². The predicted octanol–water partition coefficient (Wildman–Crippen LogP) is 1.59. The molecule has 0 aliphatic carbocycles. The Hall–Kier alpha value is -3.25. The number of rotatable bonds is 10. The Morgan fingerprint density at radius 1 is 0.542 bits per heavy atom. The van der Waals surface area contributed by atoms with Crippen LogP contribution in [0, 0.1) is 0 Å². The van der Waals surface area contributed by atoms with Gasteiger partial charge in [0.1, 0.15) is 41.5 Å². The van der Waals surface area contributed by atoms with E-state index in [-0.39, 0.29) is 0 Å². The number of carbonyl (C=O) groups excluding carboxylic acids is 4. The van der Waals surface area contributed by atoms with Crippen molar-refractivity contribution in [2.24, 2.45) is 5.73 Å². The van der Waals surface area contributed by atoms with E-state index >= 15 is 0 Å². The molecule has 0 saturated carbocycles. The zero-order valence-electron chi connectivity index (χ0n) is 31.2. The van der Waals surface area contributed by atoms with E-state index in [0.29, 0.717) is 0 Å². The van der Waals surface area contributed by atoms with Gasteiger partial charge in [0.2, 0.25) is 0 Å². The highest BCUT2D eigenvalue weighted by Crippen LogP contribution is 2.08. The second-order valence-corrected chi connectivity index (χ2v) is 13.1. The van der Waals surface area contributed by atoms with Gasteiger partial charge in [-0.3, -0.25) is 9.59 Å². The third kappa shape index (κ3) is 34.1. The van der Waals surface area contributed by atoms with Crippen LogP contribution in [0.3, 0.4) is 0 Å². The van der Waals surface area contributed by atoms with E-state index < -0.39 is 96.0 Å². The van der Waals surface area contributed by atoms with Crippen molar-refractivity contribution in [3.8, 4) is 0 Å². The number of aliphatic carboxylic acids is 1. The summed E-state index contributed by atoms with van der Waals surface area (Å²) in [4.78, 5) is 55.1. The number of carboxylic acid groups (broad SMARTS) is 1. The highest BCUT2D eigenvalue weighted by Gasteiger charge is 2.24. The molecule has 17 heteroatoms. The van der Waals surface area contributed by atoms with E-state index in [4.69, 9.17) is 45.1 Å². The van der Waals surface area contributed by atoms with E-state index in [9.17, 15) is 29.1 Å². The van der Waals surface area contributed by atoms with Gasteiger partial charge in [-0.15, -0.1) is 0 Å². The van der Waals surface area contributed by atoms with Gasteiger partial charge >= 0.3 is 30.1 Å². The number of carbonyl (C=O) groups is 5. The molecule has 0 aliphatic heterocycles. The zero-order chi connectivity index (χ0) is 39.3. The number of nitrogens with one attached hydrogen (secondary N) is 2. The molecule has 2 amide bonds. The third-order valence-corrected chi connectivity index (χ3v) is 5.22. The molecular formula is C31H63N3O14. The van der Waals surface area contributed by atoms with Crippen molar-refractivity contribution in [2.45, 2.75) is 170 Å². The molecule has 286 valence electrons. The van der Waals surface area contributed by atoms with Crippen LogP contribution >= 0.6 is 0 Å². The van der Waals surface area contributed by atoms with E-state index in [1.807, 2.05) is 0 Å². The number of hydrogen-bond acceptors (Lipinski definition) is 14. The first-order valence-corrected chi connectivity index (χ1v) is 15.4. The lowest BCUT2D eigenvalue weighted by Crippen LogP contribution is -2.44. The Balaban J connectivity index is -0.000000286. The van der Waals surface area contributed by atoms with Gasteiger partial charge in [0.25, 0.3) is 0 Å². The van der Waals surface area contributed by atoms with Crippen molar-refractivity contribution in [2.75, 3.05) is 0 Å². The Bertz CT molecular complexity index is 936. The van der Waals surface area contributed by atoms with Crippen molar-refractivity contribution in [3.05, 3.63) is 0 Å². The zero-order valence-corrected chi connectivity index (χ0v) is 31.2. The Kier molecular flexibility index (Phi) is 26.7. The number of nitrogens with two attached hydrogens (primary N) is 1. The first-order valence-electron chi connectivity index (χ1n) is 15.4. The van der Waals surface area contributed by atoms with Crippen LogP contribution in [-0.4, -0.2) is 122 Å². The van der Waals surface area contributed by atoms with Gasteiger partial charge in [-0.1, -0.05) is 0 Å². The van der Waals surface area contributed by atoms with Gasteiger partial charge in [-0.05, 0) is 104 Å². The van der Waals surface area contributed by atoms with Gasteiger partial charge in [0.05, 0.1) is 24.4 Å². The molecule has 17 nitrogen and oxygen atoms in total. The average Bonchev–Trinajstić information content (AvgIpc) is 2.86. The van der Waals surface area contributed by atoms with Gasteiger partial charge in [-0.25, -0.2) is 14.4 Å². The fourth-order valence-corrected chi connectivity index (χ4v) is 1.86. The summed E-state index contributed by atoms with van der Waals surface area (Å²) in [7, 11) is 0. The molecule has 0 spiro atoms. The van der Waals surface area contributed by atoms with Crippen molar-refractivity contribution in [1.29, 1.82) is 0 Å². The summed E-state index contributed by atoms with van der Waals surface area (Å²) in [6.07, 6.45) is -5.12. The Labute approximate surface area is 284 Å². The van der Waals surface area contributed by atoms with Crippen LogP contribution in [0.25, 0.3) is 0 Å². The molecule has 0 radical (unpaired) electrons. The summed E-state index contributed by atoms with van der Waals surface area (Å²) in [6, 6.07) is -2.40. The first-order chi connectivity index (χ1) is 21.3. The molecule has 0 aromatic carbocycles. The quantitative estimate of drug-likeness (QED) is 0.119. The summed E-state index contributed by atoms with van der Waals surface area (Å²) >= 11 is 0. The molecule has 0 bridgehead atoms. The number of esters is 2. The third-order valence-electron chi connectivity index (χ3n) is 5.22. The number of hydrogen-bond donors (Lipinski definition) is 8. The average molecular weight is 702 g/mol. The van der Waals surface area contributed by atoms with Crippen LogP contribution < -0.4 is 16.4 Å². The van der Waals surface area contributed by atoms with Gasteiger partial charge in [0, 0.05) is 0 Å². The summed E-state index contributed by atoms with van der Waals surface area (Å²) in [5, 5.41) is 47.9. The minimum absolute atomic E-state index is 0.488. The molecule has 0 aliphatic rings. The molecule has 0 heterocycles. The van der Waals surface area contributed by atoms with Crippen molar-refractivity contribution >= 4 is 30.1 Å². The lowest BCUT2D eigenvalue weighted by atomic mass is 10.2. The largest absolute Gasteiger partial charge is 0.480 e. The van der Waals surface area contributed by atoms with E-state index in [1.54, 1.807) is 76.2 Å². The summed E-state index contributed by atoms with van der Waals surface area (Å²) in [5.41, 5.74) is 3.99. The molecule has 0 rings (SSSR count). The summed E-state index contributed by atoms with van der Waals surface area (Å²) in [6.45, 7) is 24.0. The summed E-state index contributed by atoms with van der Waals surface area (Å²) < 4.78 is 19.6. The molecule has 48 heavy (non-hydrogen) atoms. The first kappa shape index (κ1) is 51.6. The second-order valence-electron chi connectivity index (χ2n) is 13.1. The Morgan fingerprint density at radius 3 is 1.06 bits per heavy atom. The molecule has 9 N–H and O–H groups in total. The smallest absolute Gasteiger partial charge is 0.408 e. The van der Waals surface area contributed by atoms with Crippen molar-refractivity contribution in [1.82, 2.24) is 10.6 Å². The topological polar surface area (TPSA) is 273 Å². The van der Waals surface area contributed by atoms with Gasteiger partial charge in [-0.2, -0.15) is 0 Å². The maximum absolute atomic E-state index is 11.6. The molecule has 0 saturated heterocycles. The van der Waals surface area contributed by atoms with Crippen LogP contribution in [-0.2, 0) is 33.3 Å². The Morgan fingerprint density at radius 2 is 0.833 bits per heavy atom. The minimum atomic E-state index is -1.09. The summed E-state index contributed by atoms with van der Waals surface area (Å²) in [5.74, 6) is -2.20. The number of carboxylic acids is 1. The van der Waals surface area contributed by atoms with Crippen LogP contribution in [0.5, 0.6) is 0 Å². The fraction of sp³-hybridized carbons (Fsp3) is 0.839. The van der Waals surface area contributed by atoms with E-state index in [0.717, 1.165) is 0 Å². The molecule has 9 unspecified atom stereocenters. The number of aliphatic hydroxyl groups is 4. The predicted molar refractivity (Wildman–Crippen MR) is 177 cm³/mol. The standard InChI is InChI=1S/C12H23NO5.C8H15NO4.C7H15NO3.C4H10O2/c1-7(10(15)17-9(3)8(2)14)13-11(16)18-12(4,5)6;1-5(6(10)11)9-7(12)13-8(2,3)4;1-4(8)7(10)11-6(3)5(2)9;1-3(5)4(2)6/h7-9,14H,1-6H3,(H,13,16);5H,1-4H3,(H,9,12)(H,10,11);4-6,9H,8H2,1-3H3;3-6H,1-2H3. The van der Waals surface area contributed by atoms with E-state index in [2.05, 4.69) is 10.6 Å². The van der Waals surface area contributed by atoms with Crippen molar-refractivity contribution in [3.63, 3.8) is 0 Å². The van der Waals surface area contributed by atoms with Crippen LogP contribution in [0.2, 0.25) is 0 Å². The fourth-order valence-electron chi connectivity index (χ4n) is 1.86. The molecule has 0 aromatic rings. The molecule has 9 atom stereocenters. The number of amides is 2. The maximum atomic E-state index is 11.6. The van der Waals surface area contributed by atoms with Crippen LogP contribution in [0.4, 0.5) is 9.59 Å². The highest BCUT2D eigenvalue weighted by atomic mass is 16.6.